The quantitative estimate of drug-likeness (QED) is 0.863. The van der Waals surface area contributed by atoms with E-state index in [-0.39, 0.29) is 17.7 Å². The number of rotatable bonds is 6. The SMILES string of the molecule is CCc1nc(CCNC(=O)[C@@H]2CC(=O)N(C3CC3)C2)cs1. The number of carbonyl (C=O) groups is 2. The molecule has 2 aliphatic rings. The minimum absolute atomic E-state index is 0.0115. The summed E-state index contributed by atoms with van der Waals surface area (Å²) in [5, 5.41) is 6.14. The second kappa shape index (κ2) is 6.13. The number of aryl methyl sites for hydroxylation is 1. The molecule has 1 saturated heterocycles. The largest absolute Gasteiger partial charge is 0.355 e. The fraction of sp³-hybridized carbons (Fsp3) is 0.667. The van der Waals surface area contributed by atoms with Gasteiger partial charge >= 0.3 is 0 Å². The number of amides is 2. The van der Waals surface area contributed by atoms with Gasteiger partial charge in [-0.15, -0.1) is 11.3 Å². The summed E-state index contributed by atoms with van der Waals surface area (Å²) in [6.45, 7) is 3.29. The second-order valence-electron chi connectivity index (χ2n) is 5.81. The van der Waals surface area contributed by atoms with Crippen LogP contribution in [-0.2, 0) is 22.4 Å². The molecule has 0 unspecified atom stereocenters. The molecular formula is C15H21N3O2S. The molecule has 0 spiro atoms. The Kier molecular flexibility index (Phi) is 4.24. The zero-order valence-electron chi connectivity index (χ0n) is 12.3. The Labute approximate surface area is 128 Å². The summed E-state index contributed by atoms with van der Waals surface area (Å²) < 4.78 is 0. The van der Waals surface area contributed by atoms with Gasteiger partial charge in [-0.05, 0) is 19.3 Å². The van der Waals surface area contributed by atoms with Crippen LogP contribution in [0.25, 0.3) is 0 Å². The van der Waals surface area contributed by atoms with Crippen LogP contribution in [0.1, 0.15) is 36.9 Å². The molecule has 1 aromatic rings. The van der Waals surface area contributed by atoms with E-state index < -0.39 is 0 Å². The van der Waals surface area contributed by atoms with Gasteiger partial charge in [-0.25, -0.2) is 4.98 Å². The number of thiazole rings is 1. The van der Waals surface area contributed by atoms with E-state index in [0.717, 1.165) is 36.4 Å². The Bertz CT molecular complexity index is 539. The summed E-state index contributed by atoms with van der Waals surface area (Å²) in [7, 11) is 0. The van der Waals surface area contributed by atoms with E-state index in [1.807, 2.05) is 4.90 Å². The van der Waals surface area contributed by atoms with Gasteiger partial charge in [-0.1, -0.05) is 6.92 Å². The molecule has 0 aromatic carbocycles. The van der Waals surface area contributed by atoms with E-state index in [2.05, 4.69) is 22.6 Å². The monoisotopic (exact) mass is 307 g/mol. The lowest BCUT2D eigenvalue weighted by Crippen LogP contribution is -2.34. The molecule has 1 saturated carbocycles. The van der Waals surface area contributed by atoms with Gasteiger partial charge in [0, 0.05) is 37.4 Å². The van der Waals surface area contributed by atoms with Crippen LogP contribution in [0, 0.1) is 5.92 Å². The molecule has 1 aromatic heterocycles. The van der Waals surface area contributed by atoms with Crippen LogP contribution in [0.15, 0.2) is 5.38 Å². The van der Waals surface area contributed by atoms with Crippen LogP contribution < -0.4 is 5.32 Å². The Morgan fingerprint density at radius 2 is 2.33 bits per heavy atom. The van der Waals surface area contributed by atoms with Crippen molar-refractivity contribution in [3.8, 4) is 0 Å². The van der Waals surface area contributed by atoms with Crippen molar-refractivity contribution in [2.45, 2.75) is 45.1 Å². The molecule has 21 heavy (non-hydrogen) atoms. The molecule has 6 heteroatoms. The molecule has 5 nitrogen and oxygen atoms in total. The summed E-state index contributed by atoms with van der Waals surface area (Å²) in [4.78, 5) is 30.3. The highest BCUT2D eigenvalue weighted by Gasteiger charge is 2.41. The van der Waals surface area contributed by atoms with Crippen LogP contribution in [0.2, 0.25) is 0 Å². The summed E-state index contributed by atoms with van der Waals surface area (Å²) in [6, 6.07) is 0.415. The Hall–Kier alpha value is -1.43. The normalized spacial score (nSPS) is 21.9. The van der Waals surface area contributed by atoms with Crippen LogP contribution in [0.4, 0.5) is 0 Å². The fourth-order valence-electron chi connectivity index (χ4n) is 2.73. The van der Waals surface area contributed by atoms with E-state index in [9.17, 15) is 9.59 Å². The molecule has 1 aliphatic carbocycles. The van der Waals surface area contributed by atoms with Gasteiger partial charge in [0.15, 0.2) is 0 Å². The number of aromatic nitrogens is 1. The van der Waals surface area contributed by atoms with E-state index >= 15 is 0 Å². The van der Waals surface area contributed by atoms with Gasteiger partial charge in [-0.3, -0.25) is 9.59 Å². The maximum Gasteiger partial charge on any atom is 0.225 e. The molecule has 1 atom stereocenters. The lowest BCUT2D eigenvalue weighted by atomic mass is 10.1. The average molecular weight is 307 g/mol. The lowest BCUT2D eigenvalue weighted by Gasteiger charge is -2.15. The molecular weight excluding hydrogens is 286 g/mol. The predicted octanol–water partition coefficient (Wildman–Crippen LogP) is 1.38. The maximum atomic E-state index is 12.1. The zero-order chi connectivity index (χ0) is 14.8. The van der Waals surface area contributed by atoms with Gasteiger partial charge in [0.05, 0.1) is 16.6 Å². The van der Waals surface area contributed by atoms with Gasteiger partial charge in [-0.2, -0.15) is 0 Å². The Balaban J connectivity index is 1.43. The maximum absolute atomic E-state index is 12.1. The lowest BCUT2D eigenvalue weighted by molar-refractivity contribution is -0.129. The van der Waals surface area contributed by atoms with Crippen molar-refractivity contribution in [1.82, 2.24) is 15.2 Å². The minimum Gasteiger partial charge on any atom is -0.355 e. The van der Waals surface area contributed by atoms with Gasteiger partial charge in [0.2, 0.25) is 11.8 Å². The first-order chi connectivity index (χ1) is 10.2. The molecule has 2 heterocycles. The number of nitrogens with zero attached hydrogens (tertiary/aromatic N) is 2. The predicted molar refractivity (Wildman–Crippen MR) is 81.0 cm³/mol. The number of nitrogens with one attached hydrogen (secondary N) is 1. The van der Waals surface area contributed by atoms with Crippen LogP contribution in [0.5, 0.6) is 0 Å². The molecule has 0 bridgehead atoms. The third-order valence-corrected chi connectivity index (χ3v) is 5.14. The van der Waals surface area contributed by atoms with Crippen molar-refractivity contribution in [2.24, 2.45) is 5.92 Å². The third-order valence-electron chi connectivity index (χ3n) is 4.10. The Morgan fingerprint density at radius 1 is 1.52 bits per heavy atom. The van der Waals surface area contributed by atoms with Crippen molar-refractivity contribution < 1.29 is 9.59 Å². The molecule has 1 aliphatic heterocycles. The Morgan fingerprint density at radius 3 is 3.00 bits per heavy atom. The van der Waals surface area contributed by atoms with E-state index in [4.69, 9.17) is 0 Å². The highest BCUT2D eigenvalue weighted by atomic mass is 32.1. The van der Waals surface area contributed by atoms with Crippen molar-refractivity contribution in [1.29, 1.82) is 0 Å². The molecule has 2 amide bonds. The first-order valence-electron chi connectivity index (χ1n) is 7.67. The van der Waals surface area contributed by atoms with Crippen LogP contribution in [-0.4, -0.2) is 40.8 Å². The standard InChI is InChI=1S/C15H21N3O2S/c1-2-13-17-11(9-21-13)5-6-16-15(20)10-7-14(19)18(8-10)12-3-4-12/h9-10,12H,2-8H2,1H3,(H,16,20)/t10-/m1/s1. The van der Waals surface area contributed by atoms with Gasteiger partial charge < -0.3 is 10.2 Å². The minimum atomic E-state index is -0.167. The van der Waals surface area contributed by atoms with Crippen LogP contribution in [0.3, 0.4) is 0 Å². The van der Waals surface area contributed by atoms with Crippen molar-refractivity contribution in [3.63, 3.8) is 0 Å². The summed E-state index contributed by atoms with van der Waals surface area (Å²) in [5.41, 5.74) is 1.04. The van der Waals surface area contributed by atoms with Crippen molar-refractivity contribution in [2.75, 3.05) is 13.1 Å². The first-order valence-corrected chi connectivity index (χ1v) is 8.55. The average Bonchev–Trinajstić information content (AvgIpc) is 3.08. The number of carbonyl (C=O) groups excluding carboxylic acids is 2. The first kappa shape index (κ1) is 14.5. The molecule has 114 valence electrons. The van der Waals surface area contributed by atoms with Gasteiger partial charge in [0.1, 0.15) is 0 Å². The summed E-state index contributed by atoms with van der Waals surface area (Å²) in [5.74, 6) is -0.0121. The number of hydrogen-bond donors (Lipinski definition) is 1. The third kappa shape index (κ3) is 3.43. The molecule has 2 fully saturated rings. The highest BCUT2D eigenvalue weighted by molar-refractivity contribution is 7.09. The fourth-order valence-corrected chi connectivity index (χ4v) is 3.51. The van der Waals surface area contributed by atoms with Crippen molar-refractivity contribution in [3.05, 3.63) is 16.1 Å². The van der Waals surface area contributed by atoms with Crippen molar-refractivity contribution >= 4 is 23.2 Å². The molecule has 0 radical (unpaired) electrons. The zero-order valence-corrected chi connectivity index (χ0v) is 13.1. The van der Waals surface area contributed by atoms with E-state index in [0.29, 0.717) is 25.6 Å². The summed E-state index contributed by atoms with van der Waals surface area (Å²) in [6.07, 6.45) is 4.29. The summed E-state index contributed by atoms with van der Waals surface area (Å²) >= 11 is 1.67. The highest BCUT2D eigenvalue weighted by Crippen LogP contribution is 2.32. The van der Waals surface area contributed by atoms with Gasteiger partial charge in [0.25, 0.3) is 0 Å². The molecule has 3 rings (SSSR count). The van der Waals surface area contributed by atoms with E-state index in [1.54, 1.807) is 11.3 Å². The van der Waals surface area contributed by atoms with E-state index in [1.165, 1.54) is 0 Å². The van der Waals surface area contributed by atoms with Crippen LogP contribution >= 0.6 is 11.3 Å². The smallest absolute Gasteiger partial charge is 0.225 e. The topological polar surface area (TPSA) is 62.3 Å². The molecule has 1 N–H and O–H groups in total. The second-order valence-corrected chi connectivity index (χ2v) is 6.75. The number of hydrogen-bond acceptors (Lipinski definition) is 4. The number of likely N-dealkylation sites (tertiary alicyclic amines) is 1.